The van der Waals surface area contributed by atoms with E-state index in [1.54, 1.807) is 17.5 Å². The van der Waals surface area contributed by atoms with E-state index in [1.807, 2.05) is 0 Å². The van der Waals surface area contributed by atoms with Crippen LogP contribution in [0.25, 0.3) is 4.91 Å². The maximum Gasteiger partial charge on any atom is 0.295 e. The van der Waals surface area contributed by atoms with Crippen LogP contribution in [0.3, 0.4) is 0 Å². The summed E-state index contributed by atoms with van der Waals surface area (Å²) in [6.07, 6.45) is 0. The van der Waals surface area contributed by atoms with Crippen LogP contribution >= 0.6 is 11.3 Å². The zero-order chi connectivity index (χ0) is 8.48. The second kappa shape index (κ2) is 2.77. The van der Waals surface area contributed by atoms with Gasteiger partial charge in [0.25, 0.3) is 10.1 Å². The molecule has 0 amide bonds. The van der Waals surface area contributed by atoms with Crippen molar-refractivity contribution in [3.63, 3.8) is 0 Å². The van der Waals surface area contributed by atoms with Gasteiger partial charge in [-0.3, -0.25) is 4.55 Å². The van der Waals surface area contributed by atoms with Gasteiger partial charge in [0.2, 0.25) is 0 Å². The standard InChI is InChI=1S/C6H6O3S2/c1-5(11(7,8)9)6-3-2-4-10-6/h2-4H,1H2,(H,7,8,9). The summed E-state index contributed by atoms with van der Waals surface area (Å²) in [7, 11) is -4.11. The summed E-state index contributed by atoms with van der Waals surface area (Å²) in [6.45, 7) is 3.24. The fourth-order valence-electron chi connectivity index (χ4n) is 0.564. The first-order valence-corrected chi connectivity index (χ1v) is 5.04. The maximum atomic E-state index is 10.5. The van der Waals surface area contributed by atoms with E-state index in [0.29, 0.717) is 4.88 Å². The van der Waals surface area contributed by atoms with Gasteiger partial charge in [0.05, 0.1) is 0 Å². The monoisotopic (exact) mass is 190 g/mol. The fraction of sp³-hybridized carbons (Fsp3) is 0. The van der Waals surface area contributed by atoms with Crippen LogP contribution in [-0.4, -0.2) is 13.0 Å². The lowest BCUT2D eigenvalue weighted by Gasteiger charge is -1.95. The third-order valence-electron chi connectivity index (χ3n) is 1.11. The molecule has 0 aliphatic rings. The van der Waals surface area contributed by atoms with Crippen LogP contribution in [0.15, 0.2) is 24.1 Å². The molecule has 60 valence electrons. The Kier molecular flexibility index (Phi) is 2.12. The molecule has 1 aromatic rings. The third-order valence-corrected chi connectivity index (χ3v) is 3.01. The van der Waals surface area contributed by atoms with Crippen molar-refractivity contribution in [3.05, 3.63) is 29.0 Å². The van der Waals surface area contributed by atoms with Crippen molar-refractivity contribution in [3.8, 4) is 0 Å². The minimum absolute atomic E-state index is 0.243. The molecule has 0 spiro atoms. The number of rotatable bonds is 2. The first-order valence-electron chi connectivity index (χ1n) is 2.72. The zero-order valence-corrected chi connectivity index (χ0v) is 7.15. The van der Waals surface area contributed by atoms with E-state index in [9.17, 15) is 8.42 Å². The van der Waals surface area contributed by atoms with E-state index < -0.39 is 10.1 Å². The summed E-state index contributed by atoms with van der Waals surface area (Å²) in [5.41, 5.74) is 0. The molecule has 0 bridgehead atoms. The van der Waals surface area contributed by atoms with E-state index >= 15 is 0 Å². The minimum Gasteiger partial charge on any atom is -0.282 e. The third kappa shape index (κ3) is 1.89. The molecule has 0 aliphatic carbocycles. The van der Waals surface area contributed by atoms with Crippen molar-refractivity contribution >= 4 is 26.4 Å². The SMILES string of the molecule is C=C(c1cccs1)S(=O)(=O)O. The molecular formula is C6H6O3S2. The maximum absolute atomic E-state index is 10.5. The Balaban J connectivity index is 3.07. The molecule has 1 N–H and O–H groups in total. The number of thiophene rings is 1. The van der Waals surface area contributed by atoms with Gasteiger partial charge in [-0.15, -0.1) is 11.3 Å². The summed E-state index contributed by atoms with van der Waals surface area (Å²) in [5, 5.41) is 1.71. The Morgan fingerprint density at radius 2 is 2.27 bits per heavy atom. The quantitative estimate of drug-likeness (QED) is 0.721. The highest BCUT2D eigenvalue weighted by Crippen LogP contribution is 2.22. The van der Waals surface area contributed by atoms with Gasteiger partial charge >= 0.3 is 0 Å². The molecule has 0 unspecified atom stereocenters. The summed E-state index contributed by atoms with van der Waals surface area (Å²) in [4.78, 5) is 0.222. The molecule has 1 aromatic heterocycles. The Bertz CT molecular complexity index is 347. The average molecular weight is 190 g/mol. The van der Waals surface area contributed by atoms with Crippen LogP contribution in [0.1, 0.15) is 4.88 Å². The highest BCUT2D eigenvalue weighted by atomic mass is 32.2. The van der Waals surface area contributed by atoms with Crippen LogP contribution in [0.4, 0.5) is 0 Å². The highest BCUT2D eigenvalue weighted by Gasteiger charge is 2.13. The normalized spacial score (nSPS) is 11.4. The van der Waals surface area contributed by atoms with Crippen molar-refractivity contribution < 1.29 is 13.0 Å². The van der Waals surface area contributed by atoms with Crippen molar-refractivity contribution in [1.82, 2.24) is 0 Å². The van der Waals surface area contributed by atoms with Gasteiger partial charge in [0.15, 0.2) is 0 Å². The van der Waals surface area contributed by atoms with Gasteiger partial charge in [0, 0.05) is 4.88 Å². The largest absolute Gasteiger partial charge is 0.295 e. The molecule has 1 rings (SSSR count). The topological polar surface area (TPSA) is 54.4 Å². The summed E-state index contributed by atoms with van der Waals surface area (Å²) >= 11 is 1.22. The van der Waals surface area contributed by atoms with Crippen LogP contribution in [-0.2, 0) is 10.1 Å². The molecule has 0 saturated carbocycles. The Labute approximate surface area is 68.7 Å². The highest BCUT2D eigenvalue weighted by molar-refractivity contribution is 7.95. The van der Waals surface area contributed by atoms with Crippen LogP contribution in [0.5, 0.6) is 0 Å². The van der Waals surface area contributed by atoms with E-state index in [-0.39, 0.29) is 4.91 Å². The molecule has 0 aliphatic heterocycles. The molecule has 0 radical (unpaired) electrons. The van der Waals surface area contributed by atoms with Crippen molar-refractivity contribution in [2.75, 3.05) is 0 Å². The Morgan fingerprint density at radius 3 is 2.64 bits per heavy atom. The second-order valence-electron chi connectivity index (χ2n) is 1.88. The number of hydrogen-bond acceptors (Lipinski definition) is 3. The van der Waals surface area contributed by atoms with E-state index in [4.69, 9.17) is 4.55 Å². The molecule has 1 heterocycles. The Hall–Kier alpha value is -0.650. The first-order chi connectivity index (χ1) is 5.02. The summed E-state index contributed by atoms with van der Waals surface area (Å²) < 4.78 is 29.5. The second-order valence-corrected chi connectivity index (χ2v) is 4.27. The van der Waals surface area contributed by atoms with Gasteiger partial charge in [-0.2, -0.15) is 8.42 Å². The smallest absolute Gasteiger partial charge is 0.282 e. The lowest BCUT2D eigenvalue weighted by molar-refractivity contribution is 0.496. The lowest BCUT2D eigenvalue weighted by atomic mass is 10.5. The summed E-state index contributed by atoms with van der Waals surface area (Å²) in [6, 6.07) is 3.27. The predicted octanol–water partition coefficient (Wildman–Crippen LogP) is 1.61. The van der Waals surface area contributed by atoms with E-state index in [0.717, 1.165) is 0 Å². The molecule has 11 heavy (non-hydrogen) atoms. The molecule has 0 saturated heterocycles. The van der Waals surface area contributed by atoms with Gasteiger partial charge in [0.1, 0.15) is 4.91 Å². The number of hydrogen-bond donors (Lipinski definition) is 1. The van der Waals surface area contributed by atoms with E-state index in [2.05, 4.69) is 6.58 Å². The molecule has 0 aromatic carbocycles. The van der Waals surface area contributed by atoms with Crippen molar-refractivity contribution in [2.45, 2.75) is 0 Å². The predicted molar refractivity (Wildman–Crippen MR) is 44.9 cm³/mol. The average Bonchev–Trinajstić information content (AvgIpc) is 2.34. The van der Waals surface area contributed by atoms with Crippen LogP contribution in [0, 0.1) is 0 Å². The van der Waals surface area contributed by atoms with Gasteiger partial charge in [-0.05, 0) is 11.4 Å². The van der Waals surface area contributed by atoms with Crippen molar-refractivity contribution in [2.24, 2.45) is 0 Å². The summed E-state index contributed by atoms with van der Waals surface area (Å²) in [5.74, 6) is 0. The van der Waals surface area contributed by atoms with Gasteiger partial charge in [-0.1, -0.05) is 12.6 Å². The van der Waals surface area contributed by atoms with Crippen LogP contribution in [0.2, 0.25) is 0 Å². The molecule has 0 fully saturated rings. The molecule has 0 atom stereocenters. The fourth-order valence-corrected chi connectivity index (χ4v) is 1.94. The zero-order valence-electron chi connectivity index (χ0n) is 5.52. The molecule has 3 nitrogen and oxygen atoms in total. The lowest BCUT2D eigenvalue weighted by Crippen LogP contribution is -1.97. The minimum atomic E-state index is -4.11. The Morgan fingerprint density at radius 1 is 1.64 bits per heavy atom. The first kappa shape index (κ1) is 8.45. The van der Waals surface area contributed by atoms with Gasteiger partial charge in [-0.25, -0.2) is 0 Å². The molecular weight excluding hydrogens is 184 g/mol. The molecule has 5 heteroatoms. The van der Waals surface area contributed by atoms with Gasteiger partial charge < -0.3 is 0 Å². The van der Waals surface area contributed by atoms with Crippen molar-refractivity contribution in [1.29, 1.82) is 0 Å². The van der Waals surface area contributed by atoms with Crippen LogP contribution < -0.4 is 0 Å². The van der Waals surface area contributed by atoms with E-state index in [1.165, 1.54) is 11.3 Å².